The fourth-order valence-electron chi connectivity index (χ4n) is 2.51. The monoisotopic (exact) mass is 333 g/mol. The molecule has 0 aliphatic carbocycles. The minimum Gasteiger partial charge on any atom is -0.459 e. The molecule has 6 nitrogen and oxygen atoms in total. The Bertz CT molecular complexity index is 693. The van der Waals surface area contributed by atoms with Crippen LogP contribution >= 0.6 is 11.3 Å². The Balaban J connectivity index is 1.64. The number of anilines is 1. The van der Waals surface area contributed by atoms with E-state index in [4.69, 9.17) is 4.42 Å². The zero-order valence-corrected chi connectivity index (χ0v) is 13.8. The molecule has 3 heterocycles. The Morgan fingerprint density at radius 1 is 1.48 bits per heavy atom. The summed E-state index contributed by atoms with van der Waals surface area (Å²) in [5, 5.41) is 3.31. The van der Waals surface area contributed by atoms with E-state index >= 15 is 0 Å². The van der Waals surface area contributed by atoms with E-state index in [0.717, 1.165) is 29.8 Å². The van der Waals surface area contributed by atoms with Gasteiger partial charge in [0.15, 0.2) is 10.9 Å². The Morgan fingerprint density at radius 2 is 2.35 bits per heavy atom. The molecule has 2 amide bonds. The van der Waals surface area contributed by atoms with Crippen molar-refractivity contribution in [2.75, 3.05) is 11.9 Å². The molecule has 7 heteroatoms. The number of unbranched alkanes of at least 4 members (excludes halogenated alkanes) is 1. The Morgan fingerprint density at radius 3 is 3.09 bits per heavy atom. The van der Waals surface area contributed by atoms with E-state index in [2.05, 4.69) is 17.2 Å². The van der Waals surface area contributed by atoms with Gasteiger partial charge < -0.3 is 9.32 Å². The molecule has 23 heavy (non-hydrogen) atoms. The second kappa shape index (κ2) is 6.95. The zero-order valence-electron chi connectivity index (χ0n) is 13.0. The molecule has 2 aromatic rings. The van der Waals surface area contributed by atoms with Crippen molar-refractivity contribution in [3.05, 3.63) is 34.7 Å². The summed E-state index contributed by atoms with van der Waals surface area (Å²) >= 11 is 1.43. The van der Waals surface area contributed by atoms with Crippen molar-refractivity contribution in [1.29, 1.82) is 0 Å². The van der Waals surface area contributed by atoms with E-state index in [9.17, 15) is 9.59 Å². The maximum atomic E-state index is 12.1. The highest BCUT2D eigenvalue weighted by molar-refractivity contribution is 7.15. The summed E-state index contributed by atoms with van der Waals surface area (Å²) in [7, 11) is 0. The molecule has 0 unspecified atom stereocenters. The average Bonchev–Trinajstić information content (AvgIpc) is 3.20. The number of nitrogens with one attached hydrogen (secondary N) is 1. The Labute approximate surface area is 138 Å². The summed E-state index contributed by atoms with van der Waals surface area (Å²) < 4.78 is 5.07. The number of amides is 2. The van der Waals surface area contributed by atoms with E-state index in [1.807, 2.05) is 4.90 Å². The van der Waals surface area contributed by atoms with Crippen LogP contribution in [0.1, 0.15) is 47.3 Å². The first kappa shape index (κ1) is 15.7. The Hall–Kier alpha value is -2.15. The number of furan rings is 1. The summed E-state index contributed by atoms with van der Waals surface area (Å²) in [6.07, 6.45) is 4.75. The van der Waals surface area contributed by atoms with Gasteiger partial charge in [0, 0.05) is 24.3 Å². The first-order valence-electron chi connectivity index (χ1n) is 7.78. The van der Waals surface area contributed by atoms with Crippen LogP contribution in [0.3, 0.4) is 0 Å². The third kappa shape index (κ3) is 3.61. The molecule has 0 aromatic carbocycles. The third-order valence-corrected chi connectivity index (χ3v) is 4.79. The van der Waals surface area contributed by atoms with Gasteiger partial charge in [-0.05, 0) is 18.6 Å². The zero-order chi connectivity index (χ0) is 16.2. The molecule has 1 N–H and O–H groups in total. The number of nitrogens with zero attached hydrogens (tertiary/aromatic N) is 2. The van der Waals surface area contributed by atoms with Gasteiger partial charge >= 0.3 is 0 Å². The molecule has 0 fully saturated rings. The third-order valence-electron chi connectivity index (χ3n) is 3.79. The molecule has 122 valence electrons. The summed E-state index contributed by atoms with van der Waals surface area (Å²) in [6, 6.07) is 3.28. The summed E-state index contributed by atoms with van der Waals surface area (Å²) in [6.45, 7) is 3.37. The second-order valence-electron chi connectivity index (χ2n) is 5.49. The molecule has 0 bridgehead atoms. The lowest BCUT2D eigenvalue weighted by atomic mass is 10.1. The van der Waals surface area contributed by atoms with Crippen LogP contribution in [-0.2, 0) is 17.8 Å². The molecule has 0 saturated heterocycles. The predicted molar refractivity (Wildman–Crippen MR) is 87.4 cm³/mol. The topological polar surface area (TPSA) is 75.4 Å². The van der Waals surface area contributed by atoms with Gasteiger partial charge in [-0.3, -0.25) is 14.9 Å². The highest BCUT2D eigenvalue weighted by Crippen LogP contribution is 2.29. The van der Waals surface area contributed by atoms with E-state index in [0.29, 0.717) is 24.6 Å². The highest BCUT2D eigenvalue weighted by atomic mass is 32.1. The van der Waals surface area contributed by atoms with Gasteiger partial charge in [0.05, 0.1) is 18.5 Å². The van der Waals surface area contributed by atoms with Crippen molar-refractivity contribution in [3.8, 4) is 0 Å². The fraction of sp³-hybridized carbons (Fsp3) is 0.438. The van der Waals surface area contributed by atoms with Gasteiger partial charge in [0.1, 0.15) is 0 Å². The fourth-order valence-corrected chi connectivity index (χ4v) is 3.53. The number of hydrogen-bond donors (Lipinski definition) is 1. The highest BCUT2D eigenvalue weighted by Gasteiger charge is 2.24. The number of rotatable bonds is 5. The summed E-state index contributed by atoms with van der Waals surface area (Å²) in [5.41, 5.74) is 0.976. The van der Waals surface area contributed by atoms with Gasteiger partial charge in [-0.15, -0.1) is 0 Å². The van der Waals surface area contributed by atoms with Crippen LogP contribution in [-0.4, -0.2) is 28.2 Å². The van der Waals surface area contributed by atoms with Crippen LogP contribution in [0.25, 0.3) is 0 Å². The van der Waals surface area contributed by atoms with Gasteiger partial charge in [0.25, 0.3) is 5.91 Å². The lowest BCUT2D eigenvalue weighted by Crippen LogP contribution is -2.35. The van der Waals surface area contributed by atoms with E-state index in [1.54, 1.807) is 12.1 Å². The average molecular weight is 333 g/mol. The molecule has 0 saturated carbocycles. The lowest BCUT2D eigenvalue weighted by molar-refractivity contribution is -0.132. The van der Waals surface area contributed by atoms with Crippen molar-refractivity contribution >= 4 is 28.3 Å². The van der Waals surface area contributed by atoms with E-state index in [1.165, 1.54) is 17.6 Å². The quantitative estimate of drug-likeness (QED) is 0.912. The van der Waals surface area contributed by atoms with Crippen molar-refractivity contribution in [2.24, 2.45) is 0 Å². The number of fused-ring (bicyclic) bond motifs is 1. The van der Waals surface area contributed by atoms with Crippen LogP contribution in [0, 0.1) is 0 Å². The SMILES string of the molecule is CCCCC(=O)N1CCc2nc(NC(=O)c3ccco3)sc2C1. The lowest BCUT2D eigenvalue weighted by Gasteiger charge is -2.26. The molecule has 1 aliphatic heterocycles. The number of hydrogen-bond acceptors (Lipinski definition) is 5. The number of carbonyl (C=O) groups excluding carboxylic acids is 2. The number of thiazole rings is 1. The van der Waals surface area contributed by atoms with Crippen molar-refractivity contribution in [3.63, 3.8) is 0 Å². The Kier molecular flexibility index (Phi) is 4.76. The van der Waals surface area contributed by atoms with Crippen molar-refractivity contribution in [1.82, 2.24) is 9.88 Å². The minimum absolute atomic E-state index is 0.201. The molecule has 0 spiro atoms. The smallest absolute Gasteiger partial charge is 0.293 e. The van der Waals surface area contributed by atoms with Crippen LogP contribution in [0.5, 0.6) is 0 Å². The van der Waals surface area contributed by atoms with Gasteiger partial charge in [-0.1, -0.05) is 24.7 Å². The molecular formula is C16H19N3O3S. The number of aromatic nitrogens is 1. The van der Waals surface area contributed by atoms with Gasteiger partial charge in [-0.25, -0.2) is 4.98 Å². The molecule has 0 radical (unpaired) electrons. The minimum atomic E-state index is -0.308. The maximum absolute atomic E-state index is 12.1. The molecule has 0 atom stereocenters. The molecule has 2 aromatic heterocycles. The standard InChI is InChI=1S/C16H19N3O3S/c1-2-3-6-14(20)19-8-7-11-13(10-19)23-16(17-11)18-15(21)12-5-4-9-22-12/h4-5,9H,2-3,6-8,10H2,1H3,(H,17,18,21). The van der Waals surface area contributed by atoms with Crippen LogP contribution in [0.2, 0.25) is 0 Å². The predicted octanol–water partition coefficient (Wildman–Crippen LogP) is 3.06. The first-order valence-corrected chi connectivity index (χ1v) is 8.60. The van der Waals surface area contributed by atoms with Crippen LogP contribution < -0.4 is 5.32 Å². The summed E-state index contributed by atoms with van der Waals surface area (Å²) in [5.74, 6) is 0.151. The van der Waals surface area contributed by atoms with Crippen molar-refractivity contribution in [2.45, 2.75) is 39.2 Å². The van der Waals surface area contributed by atoms with Crippen LogP contribution in [0.4, 0.5) is 5.13 Å². The first-order chi connectivity index (χ1) is 11.2. The molecular weight excluding hydrogens is 314 g/mol. The van der Waals surface area contributed by atoms with Gasteiger partial charge in [0.2, 0.25) is 5.91 Å². The van der Waals surface area contributed by atoms with Crippen molar-refractivity contribution < 1.29 is 14.0 Å². The number of carbonyl (C=O) groups is 2. The second-order valence-corrected chi connectivity index (χ2v) is 6.57. The van der Waals surface area contributed by atoms with Crippen LogP contribution in [0.15, 0.2) is 22.8 Å². The molecule has 1 aliphatic rings. The van der Waals surface area contributed by atoms with E-state index < -0.39 is 0 Å². The normalized spacial score (nSPS) is 13.7. The van der Waals surface area contributed by atoms with E-state index in [-0.39, 0.29) is 17.6 Å². The van der Waals surface area contributed by atoms with Gasteiger partial charge in [-0.2, -0.15) is 0 Å². The summed E-state index contributed by atoms with van der Waals surface area (Å²) in [4.78, 5) is 31.5. The molecule has 3 rings (SSSR count). The largest absolute Gasteiger partial charge is 0.459 e. The maximum Gasteiger partial charge on any atom is 0.293 e.